The number of para-hydroxylation sites is 3. The lowest BCUT2D eigenvalue weighted by Crippen LogP contribution is -2.10. The predicted molar refractivity (Wildman–Crippen MR) is 239 cm³/mol. The molecule has 0 aliphatic heterocycles. The van der Waals surface area contributed by atoms with Crippen molar-refractivity contribution in [2.45, 2.75) is 0 Å². The van der Waals surface area contributed by atoms with Crippen molar-refractivity contribution in [1.29, 1.82) is 0 Å². The average Bonchev–Trinajstić information content (AvgIpc) is 3.84. The van der Waals surface area contributed by atoms with Gasteiger partial charge in [0.2, 0.25) is 0 Å². The minimum atomic E-state index is 0.851. The first-order valence-corrected chi connectivity index (χ1v) is 19.4. The average molecular weight is 729 g/mol. The molecular formula is C54H36N2O. The first-order valence-electron chi connectivity index (χ1n) is 19.4. The Hall–Kier alpha value is -7.62. The SMILES string of the molecule is c1ccc(-c2cccc(N(c3ccccc3)c3cc4c(c5ccccc5n4-c4cc(-c5ccccc5)cc(-c5ccccc5)c4)c4c3oc3ccccc34)c2)cc1. The minimum Gasteiger partial charge on any atom is -0.454 e. The number of nitrogens with zero attached hydrogens (tertiary/aromatic N) is 2. The van der Waals surface area contributed by atoms with E-state index < -0.39 is 0 Å². The van der Waals surface area contributed by atoms with Gasteiger partial charge in [-0.05, 0) is 94.0 Å². The Morgan fingerprint density at radius 2 is 0.877 bits per heavy atom. The first-order chi connectivity index (χ1) is 28.3. The summed E-state index contributed by atoms with van der Waals surface area (Å²) in [6.07, 6.45) is 0. The van der Waals surface area contributed by atoms with E-state index in [4.69, 9.17) is 4.42 Å². The molecule has 11 rings (SSSR count). The van der Waals surface area contributed by atoms with Gasteiger partial charge in [0, 0.05) is 38.6 Å². The summed E-state index contributed by atoms with van der Waals surface area (Å²) in [5.41, 5.74) is 15.1. The van der Waals surface area contributed by atoms with Gasteiger partial charge in [-0.1, -0.05) is 158 Å². The van der Waals surface area contributed by atoms with Gasteiger partial charge in [-0.2, -0.15) is 0 Å². The van der Waals surface area contributed by atoms with Crippen molar-refractivity contribution in [1.82, 2.24) is 4.57 Å². The second kappa shape index (κ2) is 13.6. The van der Waals surface area contributed by atoms with Gasteiger partial charge < -0.3 is 13.9 Å². The first kappa shape index (κ1) is 32.8. The van der Waals surface area contributed by atoms with Crippen molar-refractivity contribution in [2.24, 2.45) is 0 Å². The van der Waals surface area contributed by atoms with Gasteiger partial charge in [-0.25, -0.2) is 0 Å². The summed E-state index contributed by atoms with van der Waals surface area (Å²) in [4.78, 5) is 2.36. The van der Waals surface area contributed by atoms with Gasteiger partial charge in [0.25, 0.3) is 0 Å². The molecule has 3 heteroatoms. The lowest BCUT2D eigenvalue weighted by Gasteiger charge is -2.26. The largest absolute Gasteiger partial charge is 0.454 e. The molecule has 0 atom stereocenters. The molecule has 2 aromatic heterocycles. The summed E-state index contributed by atoms with van der Waals surface area (Å²) < 4.78 is 9.45. The van der Waals surface area contributed by atoms with Crippen molar-refractivity contribution >= 4 is 60.8 Å². The van der Waals surface area contributed by atoms with Crippen molar-refractivity contribution < 1.29 is 4.42 Å². The van der Waals surface area contributed by atoms with Crippen LogP contribution in [0.1, 0.15) is 0 Å². The molecule has 9 aromatic carbocycles. The maximum atomic E-state index is 7.00. The summed E-state index contributed by atoms with van der Waals surface area (Å²) in [5.74, 6) is 0. The van der Waals surface area contributed by atoms with Crippen LogP contribution in [-0.4, -0.2) is 4.57 Å². The molecule has 2 heterocycles. The van der Waals surface area contributed by atoms with E-state index in [1.54, 1.807) is 0 Å². The highest BCUT2D eigenvalue weighted by Gasteiger charge is 2.26. The molecule has 0 spiro atoms. The maximum Gasteiger partial charge on any atom is 0.160 e. The van der Waals surface area contributed by atoms with Crippen LogP contribution in [0.3, 0.4) is 0 Å². The Balaban J connectivity index is 1.27. The number of aromatic nitrogens is 1. The van der Waals surface area contributed by atoms with E-state index in [1.807, 2.05) is 0 Å². The Labute approximate surface area is 330 Å². The fourth-order valence-corrected chi connectivity index (χ4v) is 8.57. The summed E-state index contributed by atoms with van der Waals surface area (Å²) >= 11 is 0. The number of fused-ring (bicyclic) bond motifs is 7. The van der Waals surface area contributed by atoms with Gasteiger partial charge in [0.15, 0.2) is 5.58 Å². The van der Waals surface area contributed by atoms with Crippen molar-refractivity contribution in [3.63, 3.8) is 0 Å². The monoisotopic (exact) mass is 728 g/mol. The summed E-state index contributed by atoms with van der Waals surface area (Å²) in [6.45, 7) is 0. The summed E-state index contributed by atoms with van der Waals surface area (Å²) in [6, 6.07) is 78.0. The van der Waals surface area contributed by atoms with Crippen LogP contribution in [0.15, 0.2) is 223 Å². The molecule has 268 valence electrons. The van der Waals surface area contributed by atoms with Gasteiger partial charge in [-0.3, -0.25) is 0 Å². The van der Waals surface area contributed by atoms with Gasteiger partial charge >= 0.3 is 0 Å². The Kier molecular flexibility index (Phi) is 7.82. The Morgan fingerprint density at radius 1 is 0.351 bits per heavy atom. The number of benzene rings is 9. The van der Waals surface area contributed by atoms with Crippen molar-refractivity contribution in [2.75, 3.05) is 4.90 Å². The van der Waals surface area contributed by atoms with Crippen LogP contribution in [-0.2, 0) is 0 Å². The smallest absolute Gasteiger partial charge is 0.160 e. The quantitative estimate of drug-likeness (QED) is 0.163. The van der Waals surface area contributed by atoms with Crippen LogP contribution < -0.4 is 4.90 Å². The van der Waals surface area contributed by atoms with E-state index in [9.17, 15) is 0 Å². The van der Waals surface area contributed by atoms with Crippen LogP contribution >= 0.6 is 0 Å². The number of furan rings is 1. The van der Waals surface area contributed by atoms with Crippen LogP contribution in [0.25, 0.3) is 82.8 Å². The lowest BCUT2D eigenvalue weighted by atomic mass is 9.98. The number of anilines is 3. The fraction of sp³-hybridized carbons (Fsp3) is 0. The van der Waals surface area contributed by atoms with E-state index >= 15 is 0 Å². The highest BCUT2D eigenvalue weighted by atomic mass is 16.3. The molecule has 0 bridgehead atoms. The van der Waals surface area contributed by atoms with Gasteiger partial charge in [0.05, 0.1) is 16.7 Å². The zero-order chi connectivity index (χ0) is 37.7. The van der Waals surface area contributed by atoms with E-state index in [0.29, 0.717) is 0 Å². The van der Waals surface area contributed by atoms with Crippen molar-refractivity contribution in [3.8, 4) is 39.1 Å². The third-order valence-electron chi connectivity index (χ3n) is 11.1. The van der Waals surface area contributed by atoms with Gasteiger partial charge in [0.1, 0.15) is 5.58 Å². The molecular weight excluding hydrogens is 693 g/mol. The molecule has 0 aliphatic carbocycles. The summed E-state index contributed by atoms with van der Waals surface area (Å²) in [7, 11) is 0. The second-order valence-corrected chi connectivity index (χ2v) is 14.5. The van der Waals surface area contributed by atoms with Crippen LogP contribution in [0, 0.1) is 0 Å². The number of hydrogen-bond donors (Lipinski definition) is 0. The molecule has 0 aliphatic rings. The molecule has 0 fully saturated rings. The van der Waals surface area contributed by atoms with Crippen LogP contribution in [0.4, 0.5) is 17.1 Å². The predicted octanol–water partition coefficient (Wildman–Crippen LogP) is 15.2. The second-order valence-electron chi connectivity index (χ2n) is 14.5. The van der Waals surface area contributed by atoms with Crippen LogP contribution in [0.2, 0.25) is 0 Å². The standard InChI is InChI=1S/C54H36N2O/c1-5-18-37(19-6-1)40-24-17-27-44(33-40)55(43-25-11-4-12-26-43)50-36-49-52(53-47-29-14-16-31-51(47)57-54(50)53)46-28-13-15-30-48(46)56(49)45-34-41(38-20-7-2-8-21-38)32-42(35-45)39-22-9-3-10-23-39/h1-36H. The number of rotatable bonds is 7. The molecule has 11 aromatic rings. The molecule has 0 amide bonds. The van der Waals surface area contributed by atoms with E-state index in [2.05, 4.69) is 228 Å². The van der Waals surface area contributed by atoms with E-state index in [0.717, 1.165) is 72.4 Å². The molecule has 3 nitrogen and oxygen atoms in total. The normalized spacial score (nSPS) is 11.5. The zero-order valence-corrected chi connectivity index (χ0v) is 31.1. The highest BCUT2D eigenvalue weighted by molar-refractivity contribution is 6.30. The lowest BCUT2D eigenvalue weighted by molar-refractivity contribution is 0.669. The third kappa shape index (κ3) is 5.60. The Morgan fingerprint density at radius 3 is 1.54 bits per heavy atom. The molecule has 0 N–H and O–H groups in total. The third-order valence-corrected chi connectivity index (χ3v) is 11.1. The molecule has 0 radical (unpaired) electrons. The topological polar surface area (TPSA) is 21.3 Å². The zero-order valence-electron chi connectivity index (χ0n) is 31.1. The van der Waals surface area contributed by atoms with E-state index in [1.165, 1.54) is 27.5 Å². The van der Waals surface area contributed by atoms with E-state index in [-0.39, 0.29) is 0 Å². The van der Waals surface area contributed by atoms with Crippen LogP contribution in [0.5, 0.6) is 0 Å². The molecule has 57 heavy (non-hydrogen) atoms. The maximum absolute atomic E-state index is 7.00. The number of hydrogen-bond acceptors (Lipinski definition) is 2. The summed E-state index contributed by atoms with van der Waals surface area (Å²) in [5, 5.41) is 4.55. The highest BCUT2D eigenvalue weighted by Crippen LogP contribution is 2.49. The molecule has 0 saturated heterocycles. The Bertz CT molecular complexity index is 3160. The molecule has 0 saturated carbocycles. The molecule has 0 unspecified atom stereocenters. The minimum absolute atomic E-state index is 0.851. The van der Waals surface area contributed by atoms with Gasteiger partial charge in [-0.15, -0.1) is 0 Å². The van der Waals surface area contributed by atoms with Crippen molar-refractivity contribution in [3.05, 3.63) is 218 Å². The fourth-order valence-electron chi connectivity index (χ4n) is 8.57.